The topological polar surface area (TPSA) is 38.3 Å². The first-order valence-corrected chi connectivity index (χ1v) is 5.56. The molecule has 16 heavy (non-hydrogen) atoms. The van der Waals surface area contributed by atoms with Crippen LogP contribution in [-0.4, -0.2) is 12.5 Å². The van der Waals surface area contributed by atoms with E-state index in [1.807, 2.05) is 20.8 Å². The van der Waals surface area contributed by atoms with Crippen molar-refractivity contribution in [3.8, 4) is 0 Å². The molecule has 1 aromatic rings. The highest BCUT2D eigenvalue weighted by Gasteiger charge is 2.09. The summed E-state index contributed by atoms with van der Waals surface area (Å²) in [7, 11) is 0. The van der Waals surface area contributed by atoms with E-state index in [0.717, 1.165) is 5.56 Å². The van der Waals surface area contributed by atoms with Crippen LogP contribution in [0.2, 0.25) is 5.02 Å². The molecule has 1 N–H and O–H groups in total. The Morgan fingerprint density at radius 1 is 1.50 bits per heavy atom. The van der Waals surface area contributed by atoms with Gasteiger partial charge in [-0.25, -0.2) is 5.48 Å². The Hall–Kier alpha value is -1.06. The van der Waals surface area contributed by atoms with Crippen LogP contribution in [0.25, 0.3) is 0 Å². The Morgan fingerprint density at radius 3 is 2.81 bits per heavy atom. The summed E-state index contributed by atoms with van der Waals surface area (Å²) in [5.74, 6) is 0.112. The summed E-state index contributed by atoms with van der Waals surface area (Å²) in [6.07, 6.45) is 0. The third kappa shape index (κ3) is 3.83. The van der Waals surface area contributed by atoms with Gasteiger partial charge in [0.1, 0.15) is 0 Å². The Balaban J connectivity index is 2.62. The Bertz CT molecular complexity index is 377. The van der Waals surface area contributed by atoms with Gasteiger partial charge in [-0.1, -0.05) is 31.5 Å². The zero-order valence-electron chi connectivity index (χ0n) is 9.71. The van der Waals surface area contributed by atoms with Crippen molar-refractivity contribution in [2.75, 3.05) is 6.61 Å². The van der Waals surface area contributed by atoms with E-state index in [1.165, 1.54) is 0 Å². The molecule has 0 saturated carbocycles. The van der Waals surface area contributed by atoms with Gasteiger partial charge in [0.05, 0.1) is 6.61 Å². The molecule has 0 aliphatic carbocycles. The van der Waals surface area contributed by atoms with E-state index in [9.17, 15) is 4.79 Å². The number of aryl methyl sites for hydroxylation is 1. The van der Waals surface area contributed by atoms with Crippen molar-refractivity contribution in [1.29, 1.82) is 0 Å². The molecule has 1 rings (SSSR count). The molecular formula is C12H16ClNO2. The SMILES string of the molecule is Cc1ccc(Cl)cc1C(=O)NOCC(C)C. The first-order chi connectivity index (χ1) is 7.50. The lowest BCUT2D eigenvalue weighted by Crippen LogP contribution is -2.26. The fraction of sp³-hybridized carbons (Fsp3) is 0.417. The van der Waals surface area contributed by atoms with Gasteiger partial charge in [-0.3, -0.25) is 9.63 Å². The van der Waals surface area contributed by atoms with Crippen LogP contribution in [-0.2, 0) is 4.84 Å². The summed E-state index contributed by atoms with van der Waals surface area (Å²) in [5, 5.41) is 0.541. The zero-order valence-corrected chi connectivity index (χ0v) is 10.5. The summed E-state index contributed by atoms with van der Waals surface area (Å²) in [6, 6.07) is 5.19. The second kappa shape index (κ2) is 5.87. The molecule has 0 aliphatic heterocycles. The number of hydrogen-bond acceptors (Lipinski definition) is 2. The van der Waals surface area contributed by atoms with E-state index >= 15 is 0 Å². The first-order valence-electron chi connectivity index (χ1n) is 5.19. The summed E-state index contributed by atoms with van der Waals surface area (Å²) in [5.41, 5.74) is 3.81. The van der Waals surface area contributed by atoms with Crippen LogP contribution < -0.4 is 5.48 Å². The van der Waals surface area contributed by atoms with Crippen LogP contribution in [0.15, 0.2) is 18.2 Å². The van der Waals surface area contributed by atoms with Gasteiger partial charge < -0.3 is 0 Å². The van der Waals surface area contributed by atoms with Crippen molar-refractivity contribution in [3.63, 3.8) is 0 Å². The fourth-order valence-electron chi connectivity index (χ4n) is 1.17. The molecule has 0 aliphatic rings. The van der Waals surface area contributed by atoms with Gasteiger partial charge in [-0.2, -0.15) is 0 Å². The predicted octanol–water partition coefficient (Wildman–Crippen LogP) is 2.97. The van der Waals surface area contributed by atoms with Crippen LogP contribution in [0, 0.1) is 12.8 Å². The summed E-state index contributed by atoms with van der Waals surface area (Å²) in [6.45, 7) is 6.37. The summed E-state index contributed by atoms with van der Waals surface area (Å²) < 4.78 is 0. The monoisotopic (exact) mass is 241 g/mol. The lowest BCUT2D eigenvalue weighted by atomic mass is 10.1. The molecule has 0 atom stereocenters. The predicted molar refractivity (Wildman–Crippen MR) is 64.4 cm³/mol. The first kappa shape index (κ1) is 13.0. The van der Waals surface area contributed by atoms with Crippen molar-refractivity contribution in [2.45, 2.75) is 20.8 Å². The number of benzene rings is 1. The zero-order chi connectivity index (χ0) is 12.1. The smallest absolute Gasteiger partial charge is 0.273 e. The minimum atomic E-state index is -0.263. The lowest BCUT2D eigenvalue weighted by molar-refractivity contribution is 0.0208. The molecule has 4 heteroatoms. The molecule has 88 valence electrons. The summed E-state index contributed by atoms with van der Waals surface area (Å²) in [4.78, 5) is 16.8. The molecule has 0 spiro atoms. The largest absolute Gasteiger partial charge is 0.275 e. The van der Waals surface area contributed by atoms with Gasteiger partial charge in [-0.05, 0) is 30.5 Å². The number of halogens is 1. The van der Waals surface area contributed by atoms with Crippen LogP contribution in [0.3, 0.4) is 0 Å². The summed E-state index contributed by atoms with van der Waals surface area (Å²) >= 11 is 5.82. The molecule has 0 radical (unpaired) electrons. The van der Waals surface area contributed by atoms with Crippen molar-refractivity contribution in [1.82, 2.24) is 5.48 Å². The van der Waals surface area contributed by atoms with E-state index in [2.05, 4.69) is 5.48 Å². The van der Waals surface area contributed by atoms with E-state index in [0.29, 0.717) is 23.1 Å². The van der Waals surface area contributed by atoms with Crippen molar-refractivity contribution in [2.24, 2.45) is 5.92 Å². The maximum absolute atomic E-state index is 11.7. The highest BCUT2D eigenvalue weighted by Crippen LogP contribution is 2.15. The van der Waals surface area contributed by atoms with E-state index < -0.39 is 0 Å². The maximum atomic E-state index is 11.7. The molecule has 0 bridgehead atoms. The Kier molecular flexibility index (Phi) is 4.77. The highest BCUT2D eigenvalue weighted by molar-refractivity contribution is 6.31. The van der Waals surface area contributed by atoms with Crippen molar-refractivity contribution >= 4 is 17.5 Å². The average molecular weight is 242 g/mol. The van der Waals surface area contributed by atoms with E-state index in [4.69, 9.17) is 16.4 Å². The number of nitrogens with one attached hydrogen (secondary N) is 1. The van der Waals surface area contributed by atoms with Gasteiger partial charge in [-0.15, -0.1) is 0 Å². The highest BCUT2D eigenvalue weighted by atomic mass is 35.5. The number of carbonyl (C=O) groups is 1. The number of hydrogen-bond donors (Lipinski definition) is 1. The molecule has 0 unspecified atom stereocenters. The minimum Gasteiger partial charge on any atom is -0.273 e. The number of amides is 1. The molecular weight excluding hydrogens is 226 g/mol. The Labute approximate surface area is 101 Å². The van der Waals surface area contributed by atoms with Crippen LogP contribution in [0.5, 0.6) is 0 Å². The second-order valence-corrected chi connectivity index (χ2v) is 4.53. The van der Waals surface area contributed by atoms with Crippen molar-refractivity contribution < 1.29 is 9.63 Å². The third-order valence-electron chi connectivity index (χ3n) is 2.03. The lowest BCUT2D eigenvalue weighted by Gasteiger charge is -2.09. The van der Waals surface area contributed by atoms with Crippen LogP contribution in [0.4, 0.5) is 0 Å². The molecule has 1 amide bonds. The van der Waals surface area contributed by atoms with Gasteiger partial charge in [0.25, 0.3) is 5.91 Å². The quantitative estimate of drug-likeness (QED) is 0.823. The number of hydroxylamine groups is 1. The van der Waals surface area contributed by atoms with Gasteiger partial charge in [0.15, 0.2) is 0 Å². The van der Waals surface area contributed by atoms with Crippen LogP contribution >= 0.6 is 11.6 Å². The molecule has 3 nitrogen and oxygen atoms in total. The fourth-order valence-corrected chi connectivity index (χ4v) is 1.34. The molecule has 1 aromatic carbocycles. The molecule has 0 heterocycles. The average Bonchev–Trinajstić information content (AvgIpc) is 2.21. The third-order valence-corrected chi connectivity index (χ3v) is 2.26. The van der Waals surface area contributed by atoms with Gasteiger partial charge in [0.2, 0.25) is 0 Å². The second-order valence-electron chi connectivity index (χ2n) is 4.10. The van der Waals surface area contributed by atoms with E-state index in [1.54, 1.807) is 18.2 Å². The Morgan fingerprint density at radius 2 is 2.19 bits per heavy atom. The normalized spacial score (nSPS) is 10.6. The molecule has 0 fully saturated rings. The van der Waals surface area contributed by atoms with Gasteiger partial charge >= 0.3 is 0 Å². The molecule has 0 saturated heterocycles. The molecule has 0 aromatic heterocycles. The number of carbonyl (C=O) groups excluding carboxylic acids is 1. The van der Waals surface area contributed by atoms with E-state index in [-0.39, 0.29) is 5.91 Å². The maximum Gasteiger partial charge on any atom is 0.275 e. The van der Waals surface area contributed by atoms with Crippen molar-refractivity contribution in [3.05, 3.63) is 34.3 Å². The number of rotatable bonds is 4. The van der Waals surface area contributed by atoms with Crippen LogP contribution in [0.1, 0.15) is 29.8 Å². The standard InChI is InChI=1S/C12H16ClNO2/c1-8(2)7-16-14-12(15)11-6-10(13)5-4-9(11)3/h4-6,8H,7H2,1-3H3,(H,14,15). The minimum absolute atomic E-state index is 0.263. The van der Waals surface area contributed by atoms with Gasteiger partial charge in [0, 0.05) is 10.6 Å².